The maximum Gasteiger partial charge on any atom is 0.162 e. The van der Waals surface area contributed by atoms with Gasteiger partial charge in [-0.05, 0) is 92.5 Å². The van der Waals surface area contributed by atoms with Crippen molar-refractivity contribution in [1.29, 1.82) is 0 Å². The average molecular weight is 759 g/mol. The molecule has 0 radical (unpaired) electrons. The minimum absolute atomic E-state index is 0.608. The van der Waals surface area contributed by atoms with Gasteiger partial charge in [0.05, 0.1) is 0 Å². The lowest BCUT2D eigenvalue weighted by Gasteiger charge is -2.41. The molecular weight excluding hydrogens is 721 g/mol. The van der Waals surface area contributed by atoms with Gasteiger partial charge in [0.25, 0.3) is 0 Å². The molecule has 270 valence electrons. The Hall–Kier alpha value is -6.63. The first-order chi connectivity index (χ1) is 27.3. The topological polar surface area (TPSA) is 83.8 Å². The highest BCUT2D eigenvalue weighted by molar-refractivity contribution is 7.03. The largest absolute Gasteiger partial charge is 0.311 e. The molecule has 0 saturated heterocycles. The predicted molar refractivity (Wildman–Crippen MR) is 232 cm³/mol. The van der Waals surface area contributed by atoms with Crippen LogP contribution in [-0.4, -0.2) is 46.1 Å². The minimum Gasteiger partial charge on any atom is -0.311 e. The summed E-state index contributed by atoms with van der Waals surface area (Å²) in [5.41, 5.74) is 10.7. The number of para-hydroxylation sites is 4. The van der Waals surface area contributed by atoms with Crippen molar-refractivity contribution in [2.24, 2.45) is 0 Å². The standard InChI is InChI=1S/C46H38N8Si2/c1-55(2)41-17-9-5-13-37(41)53(38-14-6-10-18-42(38)55)35-23-31(21-33(25-35)45-49-27-47-28-50-45)32-22-34(46-51-29-48-30-52-46)26-36(24-32)54-39-15-7-11-19-43(39)56(3,4)44-20-12-8-16-40(44)54/h5-30H,1-4H3. The molecule has 2 aliphatic rings. The Morgan fingerprint density at radius 2 is 0.643 bits per heavy atom. The van der Waals surface area contributed by atoms with Crippen LogP contribution in [0.5, 0.6) is 0 Å². The Kier molecular flexibility index (Phi) is 7.87. The smallest absolute Gasteiger partial charge is 0.162 e. The van der Waals surface area contributed by atoms with Gasteiger partial charge in [0, 0.05) is 45.3 Å². The van der Waals surface area contributed by atoms with Crippen molar-refractivity contribution in [3.63, 3.8) is 0 Å². The normalized spacial score (nSPS) is 14.6. The first-order valence-electron chi connectivity index (χ1n) is 18.8. The van der Waals surface area contributed by atoms with Crippen molar-refractivity contribution >= 4 is 71.0 Å². The lowest BCUT2D eigenvalue weighted by atomic mass is 9.97. The first-order valence-corrected chi connectivity index (χ1v) is 24.8. The van der Waals surface area contributed by atoms with E-state index in [0.29, 0.717) is 11.6 Å². The third kappa shape index (κ3) is 5.40. The molecule has 2 aromatic heterocycles. The fourth-order valence-corrected chi connectivity index (χ4v) is 14.7. The first kappa shape index (κ1) is 33.9. The van der Waals surface area contributed by atoms with Gasteiger partial charge in [0.1, 0.15) is 41.5 Å². The molecule has 10 rings (SSSR count). The average Bonchev–Trinajstić information content (AvgIpc) is 3.24. The molecule has 0 N–H and O–H groups in total. The van der Waals surface area contributed by atoms with E-state index in [-0.39, 0.29) is 0 Å². The minimum atomic E-state index is -2.00. The van der Waals surface area contributed by atoms with Gasteiger partial charge in [0.15, 0.2) is 11.6 Å². The molecule has 2 aliphatic heterocycles. The second-order valence-corrected chi connectivity index (χ2v) is 24.1. The van der Waals surface area contributed by atoms with E-state index in [1.165, 1.54) is 43.5 Å². The molecule has 0 fully saturated rings. The van der Waals surface area contributed by atoms with Crippen LogP contribution >= 0.6 is 0 Å². The lowest BCUT2D eigenvalue weighted by Crippen LogP contribution is -2.58. The summed E-state index contributed by atoms with van der Waals surface area (Å²) >= 11 is 0. The van der Waals surface area contributed by atoms with Crippen LogP contribution in [0.25, 0.3) is 33.9 Å². The van der Waals surface area contributed by atoms with Crippen molar-refractivity contribution in [1.82, 2.24) is 29.9 Å². The zero-order valence-corrected chi connectivity index (χ0v) is 33.6. The van der Waals surface area contributed by atoms with Gasteiger partial charge in [0.2, 0.25) is 0 Å². The summed E-state index contributed by atoms with van der Waals surface area (Å²) < 4.78 is 0. The molecule has 8 aromatic rings. The Balaban J connectivity index is 1.24. The third-order valence-corrected chi connectivity index (χ3v) is 18.5. The number of aromatic nitrogens is 6. The Morgan fingerprint density at radius 1 is 0.357 bits per heavy atom. The molecule has 0 unspecified atom stereocenters. The number of fused-ring (bicyclic) bond motifs is 4. The SMILES string of the molecule is C[Si]1(C)c2ccccc2N(c2cc(-c3cc(-c4ncncn4)cc(N4c5ccccc5[Si](C)(C)c5ccccc54)c3)cc(-c3ncncn3)c2)c2ccccc21. The van der Waals surface area contributed by atoms with Gasteiger partial charge >= 0.3 is 0 Å². The number of anilines is 6. The Bertz CT molecular complexity index is 2500. The van der Waals surface area contributed by atoms with Crippen LogP contribution in [0.1, 0.15) is 0 Å². The van der Waals surface area contributed by atoms with Crippen LogP contribution in [-0.2, 0) is 0 Å². The van der Waals surface area contributed by atoms with Crippen LogP contribution in [0.2, 0.25) is 26.2 Å². The van der Waals surface area contributed by atoms with E-state index in [2.05, 4.69) is 199 Å². The van der Waals surface area contributed by atoms with Gasteiger partial charge < -0.3 is 9.80 Å². The van der Waals surface area contributed by atoms with Gasteiger partial charge in [-0.25, -0.2) is 29.9 Å². The maximum atomic E-state index is 4.64. The van der Waals surface area contributed by atoms with Crippen molar-refractivity contribution in [3.8, 4) is 33.9 Å². The molecule has 0 spiro atoms. The molecule has 0 amide bonds. The second kappa shape index (κ2) is 13.0. The van der Waals surface area contributed by atoms with Gasteiger partial charge in [-0.1, -0.05) is 99.0 Å². The maximum absolute atomic E-state index is 4.64. The number of rotatable bonds is 5. The molecule has 8 nitrogen and oxygen atoms in total. The number of hydrogen-bond acceptors (Lipinski definition) is 8. The Labute approximate surface area is 328 Å². The zero-order chi connectivity index (χ0) is 38.0. The molecule has 0 atom stereocenters. The predicted octanol–water partition coefficient (Wildman–Crippen LogP) is 8.27. The monoisotopic (exact) mass is 758 g/mol. The van der Waals surface area contributed by atoms with E-state index in [4.69, 9.17) is 0 Å². The molecule has 6 aromatic carbocycles. The number of nitrogens with zero attached hydrogens (tertiary/aromatic N) is 8. The fraction of sp³-hybridized carbons (Fsp3) is 0.0870. The van der Waals surface area contributed by atoms with E-state index in [0.717, 1.165) is 33.6 Å². The molecule has 10 heteroatoms. The molecule has 4 heterocycles. The summed E-state index contributed by atoms with van der Waals surface area (Å²) in [7, 11) is -4.00. The van der Waals surface area contributed by atoms with E-state index >= 15 is 0 Å². The fourth-order valence-electron chi connectivity index (χ4n) is 8.74. The highest BCUT2D eigenvalue weighted by Crippen LogP contribution is 2.44. The summed E-state index contributed by atoms with van der Waals surface area (Å²) in [5.74, 6) is 1.22. The highest BCUT2D eigenvalue weighted by atomic mass is 28.3. The summed E-state index contributed by atoms with van der Waals surface area (Å²) in [6, 6.07) is 48.9. The summed E-state index contributed by atoms with van der Waals surface area (Å²) in [6.45, 7) is 9.79. The van der Waals surface area contributed by atoms with E-state index in [1.807, 2.05) is 0 Å². The summed E-state index contributed by atoms with van der Waals surface area (Å²) in [5, 5.41) is 5.61. The van der Waals surface area contributed by atoms with Crippen LogP contribution in [0.15, 0.2) is 159 Å². The molecule has 56 heavy (non-hydrogen) atoms. The van der Waals surface area contributed by atoms with Crippen molar-refractivity contribution in [2.45, 2.75) is 26.2 Å². The third-order valence-electron chi connectivity index (χ3n) is 11.5. The zero-order valence-electron chi connectivity index (χ0n) is 31.6. The van der Waals surface area contributed by atoms with Gasteiger partial charge in [-0.15, -0.1) is 0 Å². The van der Waals surface area contributed by atoms with Gasteiger partial charge in [-0.2, -0.15) is 0 Å². The molecule has 0 saturated carbocycles. The summed E-state index contributed by atoms with van der Waals surface area (Å²) in [6.07, 6.45) is 6.24. The van der Waals surface area contributed by atoms with Crippen LogP contribution in [0, 0.1) is 0 Å². The molecular formula is C46H38N8Si2. The van der Waals surface area contributed by atoms with Crippen molar-refractivity contribution < 1.29 is 0 Å². The van der Waals surface area contributed by atoms with E-state index in [9.17, 15) is 0 Å². The van der Waals surface area contributed by atoms with Crippen molar-refractivity contribution in [3.05, 3.63) is 159 Å². The number of hydrogen-bond donors (Lipinski definition) is 0. The second-order valence-electron chi connectivity index (χ2n) is 15.5. The lowest BCUT2D eigenvalue weighted by molar-refractivity contribution is 1.05. The quantitative estimate of drug-likeness (QED) is 0.162. The van der Waals surface area contributed by atoms with Crippen LogP contribution in [0.3, 0.4) is 0 Å². The van der Waals surface area contributed by atoms with E-state index < -0.39 is 16.1 Å². The summed E-state index contributed by atoms with van der Waals surface area (Å²) in [4.78, 5) is 31.7. The van der Waals surface area contributed by atoms with Gasteiger partial charge in [-0.3, -0.25) is 0 Å². The van der Waals surface area contributed by atoms with E-state index in [1.54, 1.807) is 25.3 Å². The molecule has 0 aliphatic carbocycles. The molecule has 0 bridgehead atoms. The highest BCUT2D eigenvalue weighted by Gasteiger charge is 2.40. The Morgan fingerprint density at radius 3 is 0.964 bits per heavy atom. The number of benzene rings is 6. The van der Waals surface area contributed by atoms with Crippen molar-refractivity contribution in [2.75, 3.05) is 9.80 Å². The van der Waals surface area contributed by atoms with Crippen LogP contribution in [0.4, 0.5) is 34.1 Å². The van der Waals surface area contributed by atoms with Crippen LogP contribution < -0.4 is 30.5 Å².